The molecule has 0 bridgehead atoms. The first-order valence-corrected chi connectivity index (χ1v) is 4.18. The third kappa shape index (κ3) is 0.865. The second-order valence-corrected chi connectivity index (χ2v) is 3.34. The maximum absolute atomic E-state index is 4.23. The first-order chi connectivity index (χ1) is 4.86. The van der Waals surface area contributed by atoms with Crippen LogP contribution in [0.5, 0.6) is 0 Å². The molecule has 1 aromatic heterocycles. The van der Waals surface area contributed by atoms with E-state index in [1.54, 1.807) is 0 Å². The lowest BCUT2D eigenvalue weighted by Gasteiger charge is -1.96. The van der Waals surface area contributed by atoms with Crippen molar-refractivity contribution in [2.75, 3.05) is 11.2 Å². The minimum Gasteiger partial charge on any atom is -0.360 e. The summed E-state index contributed by atoms with van der Waals surface area (Å²) in [5.41, 5.74) is 1.23. The standard InChI is InChI=1S/C7H8N2S/c1-5-2-6-7(8-3-5)9-4-10-6/h2-3H,4H2,1H3,(H,8,9). The summed E-state index contributed by atoms with van der Waals surface area (Å²) >= 11 is 1.81. The maximum Gasteiger partial charge on any atom is 0.140 e. The van der Waals surface area contributed by atoms with E-state index in [0.717, 1.165) is 11.7 Å². The molecule has 0 radical (unpaired) electrons. The molecule has 0 aromatic carbocycles. The Hall–Kier alpha value is -0.700. The Bertz CT molecular complexity index is 260. The minimum atomic E-state index is 0.964. The van der Waals surface area contributed by atoms with E-state index in [2.05, 4.69) is 23.3 Å². The van der Waals surface area contributed by atoms with Crippen LogP contribution in [0.3, 0.4) is 0 Å². The molecule has 2 nitrogen and oxygen atoms in total. The molecular formula is C7H8N2S. The highest BCUT2D eigenvalue weighted by molar-refractivity contribution is 7.99. The molecule has 10 heavy (non-hydrogen) atoms. The van der Waals surface area contributed by atoms with E-state index in [-0.39, 0.29) is 0 Å². The summed E-state index contributed by atoms with van der Waals surface area (Å²) in [6.45, 7) is 2.06. The second-order valence-electron chi connectivity index (χ2n) is 2.32. The fraction of sp³-hybridized carbons (Fsp3) is 0.286. The molecule has 2 heterocycles. The smallest absolute Gasteiger partial charge is 0.140 e. The Morgan fingerprint density at radius 3 is 3.50 bits per heavy atom. The molecule has 1 N–H and O–H groups in total. The summed E-state index contributed by atoms with van der Waals surface area (Å²) in [4.78, 5) is 5.50. The summed E-state index contributed by atoms with van der Waals surface area (Å²) in [6.07, 6.45) is 1.89. The quantitative estimate of drug-likeness (QED) is 0.614. The summed E-state index contributed by atoms with van der Waals surface area (Å²) in [5, 5.41) is 3.18. The number of hydrogen-bond acceptors (Lipinski definition) is 3. The average molecular weight is 152 g/mol. The molecular weight excluding hydrogens is 144 g/mol. The van der Waals surface area contributed by atoms with Crippen LogP contribution in [-0.4, -0.2) is 10.9 Å². The highest BCUT2D eigenvalue weighted by Gasteiger charge is 2.10. The van der Waals surface area contributed by atoms with Gasteiger partial charge >= 0.3 is 0 Å². The van der Waals surface area contributed by atoms with Crippen LogP contribution >= 0.6 is 11.8 Å². The molecule has 0 unspecified atom stereocenters. The number of thioether (sulfide) groups is 1. The van der Waals surface area contributed by atoms with E-state index in [1.165, 1.54) is 10.5 Å². The molecule has 0 saturated heterocycles. The number of hydrogen-bond donors (Lipinski definition) is 1. The predicted molar refractivity (Wildman–Crippen MR) is 43.3 cm³/mol. The first kappa shape index (κ1) is 6.04. The third-order valence-corrected chi connectivity index (χ3v) is 2.37. The molecule has 0 fully saturated rings. The summed E-state index contributed by atoms with van der Waals surface area (Å²) in [7, 11) is 0. The minimum absolute atomic E-state index is 0.964. The molecule has 0 saturated carbocycles. The third-order valence-electron chi connectivity index (χ3n) is 1.46. The summed E-state index contributed by atoms with van der Waals surface area (Å²) in [5.74, 6) is 2.00. The Labute approximate surface area is 64.0 Å². The molecule has 0 amide bonds. The van der Waals surface area contributed by atoms with E-state index < -0.39 is 0 Å². The van der Waals surface area contributed by atoms with Crippen molar-refractivity contribution in [3.05, 3.63) is 17.8 Å². The number of fused-ring (bicyclic) bond motifs is 1. The van der Waals surface area contributed by atoms with Gasteiger partial charge < -0.3 is 5.32 Å². The molecule has 3 heteroatoms. The SMILES string of the molecule is Cc1cnc2c(c1)SCN2. The van der Waals surface area contributed by atoms with Crippen LogP contribution in [0.25, 0.3) is 0 Å². The van der Waals surface area contributed by atoms with Crippen LogP contribution in [-0.2, 0) is 0 Å². The van der Waals surface area contributed by atoms with Crippen molar-refractivity contribution in [1.29, 1.82) is 0 Å². The molecule has 52 valence electrons. The number of nitrogens with zero attached hydrogens (tertiary/aromatic N) is 1. The van der Waals surface area contributed by atoms with Crippen LogP contribution in [0.15, 0.2) is 17.2 Å². The van der Waals surface area contributed by atoms with Gasteiger partial charge in [0.25, 0.3) is 0 Å². The van der Waals surface area contributed by atoms with E-state index >= 15 is 0 Å². The highest BCUT2D eigenvalue weighted by atomic mass is 32.2. The predicted octanol–water partition coefficient (Wildman–Crippen LogP) is 1.87. The van der Waals surface area contributed by atoms with Gasteiger partial charge in [0.05, 0.1) is 10.8 Å². The van der Waals surface area contributed by atoms with Gasteiger partial charge in [-0.1, -0.05) is 0 Å². The van der Waals surface area contributed by atoms with Gasteiger partial charge in [0.15, 0.2) is 0 Å². The molecule has 0 aliphatic carbocycles. The fourth-order valence-corrected chi connectivity index (χ4v) is 1.86. The number of aromatic nitrogens is 1. The van der Waals surface area contributed by atoms with Gasteiger partial charge in [0, 0.05) is 6.20 Å². The summed E-state index contributed by atoms with van der Waals surface area (Å²) in [6, 6.07) is 2.16. The van der Waals surface area contributed by atoms with Crippen molar-refractivity contribution in [3.63, 3.8) is 0 Å². The normalized spacial score (nSPS) is 14.5. The van der Waals surface area contributed by atoms with Gasteiger partial charge in [-0.3, -0.25) is 0 Å². The van der Waals surface area contributed by atoms with E-state index in [9.17, 15) is 0 Å². The number of aryl methyl sites for hydroxylation is 1. The summed E-state index contributed by atoms with van der Waals surface area (Å²) < 4.78 is 0. The number of nitrogens with one attached hydrogen (secondary N) is 1. The van der Waals surface area contributed by atoms with Gasteiger partial charge in [0.1, 0.15) is 5.82 Å². The lowest BCUT2D eigenvalue weighted by Crippen LogP contribution is -1.90. The molecule has 0 atom stereocenters. The van der Waals surface area contributed by atoms with Crippen LogP contribution < -0.4 is 5.32 Å². The molecule has 0 spiro atoms. The van der Waals surface area contributed by atoms with Gasteiger partial charge in [-0.15, -0.1) is 11.8 Å². The molecule has 1 aliphatic heterocycles. The van der Waals surface area contributed by atoms with Crippen LogP contribution in [0, 0.1) is 6.92 Å². The highest BCUT2D eigenvalue weighted by Crippen LogP contribution is 2.31. The lowest BCUT2D eigenvalue weighted by molar-refractivity contribution is 1.19. The number of rotatable bonds is 0. The Kier molecular flexibility index (Phi) is 1.31. The largest absolute Gasteiger partial charge is 0.360 e. The van der Waals surface area contributed by atoms with Gasteiger partial charge in [-0.25, -0.2) is 4.98 Å². The van der Waals surface area contributed by atoms with Crippen molar-refractivity contribution in [2.24, 2.45) is 0 Å². The fourth-order valence-electron chi connectivity index (χ4n) is 0.967. The zero-order chi connectivity index (χ0) is 6.97. The van der Waals surface area contributed by atoms with Gasteiger partial charge in [0.2, 0.25) is 0 Å². The Balaban J connectivity index is 2.52. The average Bonchev–Trinajstić information content (AvgIpc) is 2.33. The number of pyridine rings is 1. The van der Waals surface area contributed by atoms with E-state index in [4.69, 9.17) is 0 Å². The Morgan fingerprint density at radius 2 is 2.60 bits per heavy atom. The monoisotopic (exact) mass is 152 g/mol. The van der Waals surface area contributed by atoms with Crippen molar-refractivity contribution < 1.29 is 0 Å². The van der Waals surface area contributed by atoms with Gasteiger partial charge in [-0.05, 0) is 18.6 Å². The van der Waals surface area contributed by atoms with Crippen molar-refractivity contribution in [2.45, 2.75) is 11.8 Å². The van der Waals surface area contributed by atoms with Crippen molar-refractivity contribution in [3.8, 4) is 0 Å². The molecule has 2 rings (SSSR count). The molecule has 1 aromatic rings. The number of anilines is 1. The lowest BCUT2D eigenvalue weighted by atomic mass is 10.3. The zero-order valence-electron chi connectivity index (χ0n) is 5.72. The zero-order valence-corrected chi connectivity index (χ0v) is 6.53. The molecule has 1 aliphatic rings. The van der Waals surface area contributed by atoms with Crippen molar-refractivity contribution >= 4 is 17.6 Å². The van der Waals surface area contributed by atoms with Crippen LogP contribution in [0.2, 0.25) is 0 Å². The topological polar surface area (TPSA) is 24.9 Å². The second kappa shape index (κ2) is 2.16. The van der Waals surface area contributed by atoms with Crippen LogP contribution in [0.4, 0.5) is 5.82 Å². The van der Waals surface area contributed by atoms with E-state index in [0.29, 0.717) is 0 Å². The van der Waals surface area contributed by atoms with Crippen LogP contribution in [0.1, 0.15) is 5.56 Å². The first-order valence-electron chi connectivity index (χ1n) is 3.19. The van der Waals surface area contributed by atoms with E-state index in [1.807, 2.05) is 18.0 Å². The van der Waals surface area contributed by atoms with Gasteiger partial charge in [-0.2, -0.15) is 0 Å². The maximum atomic E-state index is 4.23. The van der Waals surface area contributed by atoms with Crippen molar-refractivity contribution in [1.82, 2.24) is 4.98 Å². The Morgan fingerprint density at radius 1 is 1.70 bits per heavy atom.